The van der Waals surface area contributed by atoms with Crippen LogP contribution in [0.15, 0.2) is 48.6 Å². The molecule has 0 spiro atoms. The zero-order chi connectivity index (χ0) is 43.5. The SMILES string of the molecule is CCCCC/C=C/C/C=C/CCCCCCCCCC(=O)OC(COCCC(C(=O)O)[N+](C)(C)C)COC(=O)CCCCCCC/C=C/C=C/CCCCCCCCC. The molecule has 0 rings (SSSR count). The van der Waals surface area contributed by atoms with E-state index in [-0.39, 0.29) is 36.2 Å². The number of unbranched alkanes of at least 4 members (excludes halogenated alkanes) is 22. The second kappa shape index (κ2) is 42.0. The highest BCUT2D eigenvalue weighted by Crippen LogP contribution is 2.14. The van der Waals surface area contributed by atoms with Gasteiger partial charge >= 0.3 is 17.9 Å². The summed E-state index contributed by atoms with van der Waals surface area (Å²) in [5.74, 6) is -1.49. The summed E-state index contributed by atoms with van der Waals surface area (Å²) < 4.78 is 17.3. The molecule has 0 amide bonds. The molecule has 0 aromatic carbocycles. The van der Waals surface area contributed by atoms with Crippen LogP contribution in [0, 0.1) is 0 Å². The number of hydrogen-bond donors (Lipinski definition) is 1. The lowest BCUT2D eigenvalue weighted by atomic mass is 10.1. The Balaban J connectivity index is 4.34. The Kier molecular flexibility index (Phi) is 40.1. The number of allylic oxidation sites excluding steroid dienone is 8. The van der Waals surface area contributed by atoms with Crippen molar-refractivity contribution in [2.75, 3.05) is 41.0 Å². The van der Waals surface area contributed by atoms with E-state index in [1.165, 1.54) is 103 Å². The number of carboxylic acids is 1. The van der Waals surface area contributed by atoms with Crippen LogP contribution in [0.1, 0.15) is 206 Å². The van der Waals surface area contributed by atoms with Crippen LogP contribution in [0.5, 0.6) is 0 Å². The number of quaternary nitrogens is 1. The number of hydrogen-bond acceptors (Lipinski definition) is 6. The van der Waals surface area contributed by atoms with E-state index >= 15 is 0 Å². The first-order valence-electron chi connectivity index (χ1n) is 24.2. The van der Waals surface area contributed by atoms with E-state index in [1.54, 1.807) is 0 Å². The molecule has 2 atom stereocenters. The van der Waals surface area contributed by atoms with E-state index in [0.29, 0.717) is 19.3 Å². The van der Waals surface area contributed by atoms with Gasteiger partial charge in [-0.3, -0.25) is 9.59 Å². The molecule has 0 bridgehead atoms. The number of nitrogens with zero attached hydrogens (tertiary/aromatic N) is 1. The smallest absolute Gasteiger partial charge is 0.362 e. The molecule has 59 heavy (non-hydrogen) atoms. The van der Waals surface area contributed by atoms with E-state index in [0.717, 1.165) is 70.6 Å². The number of carbonyl (C=O) groups is 3. The van der Waals surface area contributed by atoms with Crippen molar-refractivity contribution in [3.8, 4) is 0 Å². The van der Waals surface area contributed by atoms with Crippen LogP contribution in [0.2, 0.25) is 0 Å². The van der Waals surface area contributed by atoms with Gasteiger partial charge in [0.1, 0.15) is 6.61 Å². The molecule has 0 aliphatic carbocycles. The Morgan fingerprint density at radius 2 is 0.949 bits per heavy atom. The zero-order valence-corrected chi connectivity index (χ0v) is 39.0. The number of carbonyl (C=O) groups excluding carboxylic acids is 2. The van der Waals surface area contributed by atoms with Gasteiger partial charge in [-0.1, -0.05) is 165 Å². The first-order chi connectivity index (χ1) is 28.6. The lowest BCUT2D eigenvalue weighted by Crippen LogP contribution is -2.50. The van der Waals surface area contributed by atoms with E-state index in [2.05, 4.69) is 62.5 Å². The molecular weight excluding hydrogens is 739 g/mol. The van der Waals surface area contributed by atoms with Crippen molar-refractivity contribution in [3.05, 3.63) is 48.6 Å². The normalized spacial score (nSPS) is 13.3. The van der Waals surface area contributed by atoms with Crippen molar-refractivity contribution in [1.29, 1.82) is 0 Å². The molecule has 0 aromatic heterocycles. The van der Waals surface area contributed by atoms with Crippen molar-refractivity contribution in [3.63, 3.8) is 0 Å². The van der Waals surface area contributed by atoms with Crippen molar-refractivity contribution in [2.24, 2.45) is 0 Å². The maximum atomic E-state index is 12.8. The van der Waals surface area contributed by atoms with Gasteiger partial charge in [-0.2, -0.15) is 0 Å². The van der Waals surface area contributed by atoms with Gasteiger partial charge in [0.05, 0.1) is 34.4 Å². The minimum absolute atomic E-state index is 0.0524. The molecule has 0 aliphatic heterocycles. The van der Waals surface area contributed by atoms with Gasteiger partial charge in [-0.05, 0) is 70.6 Å². The number of esters is 2. The third kappa shape index (κ3) is 40.5. The van der Waals surface area contributed by atoms with Gasteiger partial charge in [0.15, 0.2) is 12.1 Å². The van der Waals surface area contributed by atoms with Gasteiger partial charge in [0, 0.05) is 19.3 Å². The standard InChI is InChI=1S/C51H91NO7/c1-6-8-10-12-14-16-18-20-22-24-26-27-29-31-33-35-37-39-41-49(53)58-46-47(45-57-44-43-48(51(55)56)52(3,4)5)59-50(54)42-40-38-36-34-32-30-28-25-23-21-19-17-15-13-11-9-7-2/h15,17,21-24,26-27,47-48H,6-14,16,18-20,25,28-46H2,1-5H3/p+1/b17-15+,23-21+,24-22+,27-26+. The number of carboxylic acid groups (broad SMARTS) is 1. The summed E-state index contributed by atoms with van der Waals surface area (Å²) >= 11 is 0. The first kappa shape index (κ1) is 56.3. The fourth-order valence-corrected chi connectivity index (χ4v) is 6.94. The number of aliphatic carboxylic acids is 1. The minimum Gasteiger partial charge on any atom is -0.477 e. The molecule has 0 aromatic rings. The van der Waals surface area contributed by atoms with Crippen LogP contribution in [0.25, 0.3) is 0 Å². The Morgan fingerprint density at radius 1 is 0.525 bits per heavy atom. The highest BCUT2D eigenvalue weighted by molar-refractivity contribution is 5.72. The molecule has 0 aliphatic rings. The minimum atomic E-state index is -0.879. The molecular formula is C51H92NO7+. The second-order valence-corrected chi connectivity index (χ2v) is 17.4. The summed E-state index contributed by atoms with van der Waals surface area (Å²) in [4.78, 5) is 37.1. The first-order valence-corrected chi connectivity index (χ1v) is 24.2. The van der Waals surface area contributed by atoms with Crippen molar-refractivity contribution >= 4 is 17.9 Å². The van der Waals surface area contributed by atoms with E-state index in [9.17, 15) is 19.5 Å². The summed E-state index contributed by atoms with van der Waals surface area (Å²) in [6.45, 7) is 4.69. The third-order valence-electron chi connectivity index (χ3n) is 10.7. The largest absolute Gasteiger partial charge is 0.477 e. The van der Waals surface area contributed by atoms with Gasteiger partial charge in [0.2, 0.25) is 0 Å². The van der Waals surface area contributed by atoms with E-state index in [4.69, 9.17) is 14.2 Å². The Bertz CT molecular complexity index is 1110. The summed E-state index contributed by atoms with van der Waals surface area (Å²) in [5, 5.41) is 9.64. The molecule has 8 heteroatoms. The Labute approximate surface area is 363 Å². The molecule has 1 N–H and O–H groups in total. The highest BCUT2D eigenvalue weighted by atomic mass is 16.6. The summed E-state index contributed by atoms with van der Waals surface area (Å²) in [5.41, 5.74) is 0. The molecule has 0 heterocycles. The average Bonchev–Trinajstić information content (AvgIpc) is 3.19. The maximum absolute atomic E-state index is 12.8. The molecule has 0 saturated heterocycles. The Hall–Kier alpha value is -2.71. The molecule has 2 unspecified atom stereocenters. The summed E-state index contributed by atoms with van der Waals surface area (Å²) in [7, 11) is 5.52. The highest BCUT2D eigenvalue weighted by Gasteiger charge is 2.31. The topological polar surface area (TPSA) is 99.1 Å². The van der Waals surface area contributed by atoms with Crippen molar-refractivity contribution < 1.29 is 38.2 Å². The monoisotopic (exact) mass is 831 g/mol. The lowest BCUT2D eigenvalue weighted by molar-refractivity contribution is -0.887. The molecule has 0 saturated carbocycles. The molecule has 342 valence electrons. The van der Waals surface area contributed by atoms with Gasteiger partial charge < -0.3 is 23.8 Å². The summed E-state index contributed by atoms with van der Waals surface area (Å²) in [6.07, 6.45) is 50.1. The number of rotatable bonds is 43. The van der Waals surface area contributed by atoms with Crippen molar-refractivity contribution in [2.45, 2.75) is 219 Å². The summed E-state index contributed by atoms with van der Waals surface area (Å²) in [6, 6.07) is -0.619. The number of ether oxygens (including phenoxy) is 3. The van der Waals surface area contributed by atoms with Crippen LogP contribution >= 0.6 is 0 Å². The van der Waals surface area contributed by atoms with Gasteiger partial charge in [0.25, 0.3) is 0 Å². The lowest BCUT2D eigenvalue weighted by Gasteiger charge is -2.31. The van der Waals surface area contributed by atoms with E-state index < -0.39 is 18.1 Å². The maximum Gasteiger partial charge on any atom is 0.362 e. The third-order valence-corrected chi connectivity index (χ3v) is 10.7. The second-order valence-electron chi connectivity index (χ2n) is 17.4. The number of likely N-dealkylation sites (N-methyl/N-ethyl adjacent to an activating group) is 1. The predicted molar refractivity (Wildman–Crippen MR) is 248 cm³/mol. The van der Waals surface area contributed by atoms with E-state index in [1.807, 2.05) is 21.1 Å². The fraction of sp³-hybridized carbons (Fsp3) is 0.784. The molecule has 8 nitrogen and oxygen atoms in total. The van der Waals surface area contributed by atoms with Gasteiger partial charge in [-0.15, -0.1) is 0 Å². The average molecular weight is 831 g/mol. The Morgan fingerprint density at radius 3 is 1.44 bits per heavy atom. The van der Waals surface area contributed by atoms with Crippen LogP contribution in [-0.4, -0.2) is 80.6 Å². The quantitative estimate of drug-likeness (QED) is 0.0215. The van der Waals surface area contributed by atoms with Crippen LogP contribution in [0.3, 0.4) is 0 Å². The predicted octanol–water partition coefficient (Wildman–Crippen LogP) is 13.6. The van der Waals surface area contributed by atoms with Crippen LogP contribution in [0.4, 0.5) is 0 Å². The van der Waals surface area contributed by atoms with Crippen LogP contribution < -0.4 is 0 Å². The zero-order valence-electron chi connectivity index (χ0n) is 39.0. The van der Waals surface area contributed by atoms with Gasteiger partial charge in [-0.25, -0.2) is 4.79 Å². The van der Waals surface area contributed by atoms with Crippen molar-refractivity contribution in [1.82, 2.24) is 0 Å². The fourth-order valence-electron chi connectivity index (χ4n) is 6.94. The molecule has 0 radical (unpaired) electrons. The molecule has 0 fully saturated rings. The van der Waals surface area contributed by atoms with Crippen LogP contribution in [-0.2, 0) is 28.6 Å².